The maximum Gasteiger partial charge on any atom is 0.320 e. The van der Waals surface area contributed by atoms with Crippen LogP contribution in [0.25, 0.3) is 0 Å². The molecular weight excluding hydrogens is 180 g/mol. The first-order valence-corrected chi connectivity index (χ1v) is 4.94. The maximum absolute atomic E-state index is 11.8. The number of allylic oxidation sites excluding steroid dienone is 2. The number of methoxy groups -OCH3 is 1. The van der Waals surface area contributed by atoms with Gasteiger partial charge in [-0.15, -0.1) is 0 Å². The highest BCUT2D eigenvalue weighted by molar-refractivity contribution is 6.07. The Labute approximate surface area is 83.1 Å². The first-order chi connectivity index (χ1) is 6.64. The Morgan fingerprint density at radius 3 is 2.93 bits per heavy atom. The van der Waals surface area contributed by atoms with Gasteiger partial charge in [-0.05, 0) is 12.3 Å². The molecule has 3 nitrogen and oxygen atoms in total. The van der Waals surface area contributed by atoms with Crippen LogP contribution in [0.4, 0.5) is 0 Å². The maximum atomic E-state index is 11.8. The molecule has 0 amide bonds. The second kappa shape index (κ2) is 2.94. The van der Waals surface area contributed by atoms with Crippen molar-refractivity contribution in [2.75, 3.05) is 7.11 Å². The molecule has 3 atom stereocenters. The Bertz CT molecular complexity index is 318. The normalized spacial score (nSPS) is 40.0. The van der Waals surface area contributed by atoms with E-state index in [2.05, 4.69) is 0 Å². The Hall–Kier alpha value is -1.12. The van der Waals surface area contributed by atoms with Crippen LogP contribution in [0.5, 0.6) is 0 Å². The van der Waals surface area contributed by atoms with E-state index in [0.29, 0.717) is 6.42 Å². The summed E-state index contributed by atoms with van der Waals surface area (Å²) in [6.45, 7) is 1.91. The molecule has 0 aromatic rings. The van der Waals surface area contributed by atoms with Crippen LogP contribution >= 0.6 is 0 Å². The van der Waals surface area contributed by atoms with Gasteiger partial charge >= 0.3 is 5.97 Å². The van der Waals surface area contributed by atoms with Gasteiger partial charge in [0.05, 0.1) is 7.11 Å². The average Bonchev–Trinajstić information content (AvgIpc) is 2.67. The third-order valence-electron chi connectivity index (χ3n) is 3.60. The standard InChI is InChI=1S/C11H14O3/c1-7-3-4-8-5-6-9(12)11(7,8)10(13)14-2/h3-4,7-8H,5-6H2,1-2H3/t7?,8-,11+/m0/s1. The molecule has 0 N–H and O–H groups in total. The molecule has 0 aromatic heterocycles. The summed E-state index contributed by atoms with van der Waals surface area (Å²) in [5.74, 6) is -0.262. The summed E-state index contributed by atoms with van der Waals surface area (Å²) in [6, 6.07) is 0. The molecule has 14 heavy (non-hydrogen) atoms. The molecule has 1 saturated carbocycles. The zero-order valence-corrected chi connectivity index (χ0v) is 8.45. The largest absolute Gasteiger partial charge is 0.468 e. The summed E-state index contributed by atoms with van der Waals surface area (Å²) in [6.07, 6.45) is 5.24. The van der Waals surface area contributed by atoms with Gasteiger partial charge in [0.25, 0.3) is 0 Å². The number of hydrogen-bond acceptors (Lipinski definition) is 3. The van der Waals surface area contributed by atoms with Gasteiger partial charge in [-0.1, -0.05) is 19.1 Å². The predicted molar refractivity (Wildman–Crippen MR) is 50.5 cm³/mol. The van der Waals surface area contributed by atoms with Crippen LogP contribution in [-0.2, 0) is 14.3 Å². The topological polar surface area (TPSA) is 43.4 Å². The zero-order valence-electron chi connectivity index (χ0n) is 8.45. The van der Waals surface area contributed by atoms with Crippen molar-refractivity contribution in [1.29, 1.82) is 0 Å². The van der Waals surface area contributed by atoms with E-state index in [0.717, 1.165) is 6.42 Å². The molecular formula is C11H14O3. The highest BCUT2D eigenvalue weighted by Crippen LogP contribution is 2.52. The van der Waals surface area contributed by atoms with Gasteiger partial charge < -0.3 is 4.74 Å². The molecule has 0 saturated heterocycles. The smallest absolute Gasteiger partial charge is 0.320 e. The van der Waals surface area contributed by atoms with Crippen LogP contribution in [0, 0.1) is 17.3 Å². The van der Waals surface area contributed by atoms with Crippen molar-refractivity contribution in [2.24, 2.45) is 17.3 Å². The minimum atomic E-state index is -0.880. The van der Waals surface area contributed by atoms with E-state index >= 15 is 0 Å². The molecule has 0 spiro atoms. The Kier molecular flexibility index (Phi) is 1.98. The molecule has 0 aliphatic heterocycles. The Balaban J connectivity index is 2.45. The first-order valence-electron chi connectivity index (χ1n) is 4.94. The van der Waals surface area contributed by atoms with Gasteiger partial charge in [0.2, 0.25) is 0 Å². The van der Waals surface area contributed by atoms with Gasteiger partial charge in [-0.25, -0.2) is 0 Å². The number of Topliss-reactive ketones (excluding diaryl/α,β-unsaturated/α-hetero) is 1. The fourth-order valence-electron chi connectivity index (χ4n) is 2.84. The number of esters is 1. The van der Waals surface area contributed by atoms with Crippen LogP contribution in [0.15, 0.2) is 12.2 Å². The van der Waals surface area contributed by atoms with E-state index in [1.54, 1.807) is 0 Å². The van der Waals surface area contributed by atoms with Gasteiger partial charge in [-0.2, -0.15) is 0 Å². The molecule has 2 aliphatic carbocycles. The quantitative estimate of drug-likeness (QED) is 0.359. The summed E-state index contributed by atoms with van der Waals surface area (Å²) in [7, 11) is 1.35. The van der Waals surface area contributed by atoms with Crippen molar-refractivity contribution in [3.05, 3.63) is 12.2 Å². The lowest BCUT2D eigenvalue weighted by Gasteiger charge is -2.28. The Morgan fingerprint density at radius 2 is 2.29 bits per heavy atom. The third kappa shape index (κ3) is 0.873. The van der Waals surface area contributed by atoms with Gasteiger partial charge in [0.1, 0.15) is 5.41 Å². The SMILES string of the molecule is COC(=O)[C@@]12C(=O)CC[C@@H]1C=CC2C. The van der Waals surface area contributed by atoms with E-state index in [4.69, 9.17) is 4.74 Å². The van der Waals surface area contributed by atoms with Gasteiger partial charge in [0, 0.05) is 12.3 Å². The molecule has 3 heteroatoms. The van der Waals surface area contributed by atoms with E-state index in [1.165, 1.54) is 7.11 Å². The van der Waals surface area contributed by atoms with Crippen LogP contribution in [0.2, 0.25) is 0 Å². The molecule has 0 radical (unpaired) electrons. The second-order valence-corrected chi connectivity index (χ2v) is 4.10. The average molecular weight is 194 g/mol. The van der Waals surface area contributed by atoms with Gasteiger partial charge in [0.15, 0.2) is 5.78 Å². The molecule has 2 rings (SSSR count). The van der Waals surface area contributed by atoms with Crippen LogP contribution < -0.4 is 0 Å². The first kappa shape index (κ1) is 9.44. The van der Waals surface area contributed by atoms with Crippen molar-refractivity contribution in [3.8, 4) is 0 Å². The number of hydrogen-bond donors (Lipinski definition) is 0. The van der Waals surface area contributed by atoms with Gasteiger partial charge in [-0.3, -0.25) is 9.59 Å². The van der Waals surface area contributed by atoms with Crippen LogP contribution in [-0.4, -0.2) is 18.9 Å². The molecule has 0 aromatic carbocycles. The summed E-state index contributed by atoms with van der Waals surface area (Å²) in [5, 5.41) is 0. The summed E-state index contributed by atoms with van der Waals surface area (Å²) >= 11 is 0. The highest BCUT2D eigenvalue weighted by Gasteiger charge is 2.60. The van der Waals surface area contributed by atoms with E-state index in [-0.39, 0.29) is 23.6 Å². The second-order valence-electron chi connectivity index (χ2n) is 4.10. The molecule has 76 valence electrons. The van der Waals surface area contributed by atoms with Crippen LogP contribution in [0.3, 0.4) is 0 Å². The lowest BCUT2D eigenvalue weighted by Crippen LogP contribution is -2.43. The molecule has 2 aliphatic rings. The number of ether oxygens (including phenoxy) is 1. The monoisotopic (exact) mass is 194 g/mol. The summed E-state index contributed by atoms with van der Waals surface area (Å²) in [4.78, 5) is 23.6. The number of carbonyl (C=O) groups excluding carboxylic acids is 2. The minimum absolute atomic E-state index is 0.0186. The van der Waals surface area contributed by atoms with E-state index in [1.807, 2.05) is 19.1 Å². The zero-order chi connectivity index (χ0) is 10.3. The fraction of sp³-hybridized carbons (Fsp3) is 0.636. The number of fused-ring (bicyclic) bond motifs is 1. The Morgan fingerprint density at radius 1 is 1.57 bits per heavy atom. The van der Waals surface area contributed by atoms with Crippen molar-refractivity contribution >= 4 is 11.8 Å². The lowest BCUT2D eigenvalue weighted by molar-refractivity contribution is -0.160. The van der Waals surface area contributed by atoms with Crippen molar-refractivity contribution in [2.45, 2.75) is 19.8 Å². The van der Waals surface area contributed by atoms with Crippen molar-refractivity contribution in [3.63, 3.8) is 0 Å². The number of rotatable bonds is 1. The number of carbonyl (C=O) groups is 2. The summed E-state index contributed by atoms with van der Waals surface area (Å²) in [5.41, 5.74) is -0.880. The predicted octanol–water partition coefficient (Wildman–Crippen LogP) is 1.33. The van der Waals surface area contributed by atoms with Crippen LogP contribution in [0.1, 0.15) is 19.8 Å². The van der Waals surface area contributed by atoms with E-state index in [9.17, 15) is 9.59 Å². The lowest BCUT2D eigenvalue weighted by atomic mass is 9.73. The van der Waals surface area contributed by atoms with Crippen molar-refractivity contribution in [1.82, 2.24) is 0 Å². The molecule has 0 bridgehead atoms. The highest BCUT2D eigenvalue weighted by atomic mass is 16.5. The molecule has 1 fully saturated rings. The third-order valence-corrected chi connectivity index (χ3v) is 3.60. The van der Waals surface area contributed by atoms with Crippen molar-refractivity contribution < 1.29 is 14.3 Å². The summed E-state index contributed by atoms with van der Waals surface area (Å²) < 4.78 is 4.78. The molecule has 1 unspecified atom stereocenters. The fourth-order valence-corrected chi connectivity index (χ4v) is 2.84. The number of ketones is 1. The van der Waals surface area contributed by atoms with E-state index < -0.39 is 5.41 Å². The molecule has 0 heterocycles. The minimum Gasteiger partial charge on any atom is -0.468 e.